The summed E-state index contributed by atoms with van der Waals surface area (Å²) in [5.74, 6) is 0.399. The van der Waals surface area contributed by atoms with E-state index in [1.807, 2.05) is 30.5 Å². The van der Waals surface area contributed by atoms with Crippen LogP contribution in [-0.4, -0.2) is 40.6 Å². The van der Waals surface area contributed by atoms with Gasteiger partial charge in [-0.15, -0.1) is 0 Å². The second-order valence-corrected chi connectivity index (χ2v) is 8.25. The number of benzene rings is 1. The molecule has 3 N–H and O–H groups in total. The van der Waals surface area contributed by atoms with Gasteiger partial charge in [-0.2, -0.15) is 0 Å². The lowest BCUT2D eigenvalue weighted by atomic mass is 10.00. The van der Waals surface area contributed by atoms with E-state index in [4.69, 9.17) is 14.7 Å². The van der Waals surface area contributed by atoms with Gasteiger partial charge in [0.25, 0.3) is 0 Å². The molecule has 1 aliphatic carbocycles. The van der Waals surface area contributed by atoms with Crippen molar-refractivity contribution in [2.24, 2.45) is 0 Å². The number of hydrogen-bond donors (Lipinski definition) is 3. The molecule has 0 fully saturated rings. The van der Waals surface area contributed by atoms with Crippen molar-refractivity contribution in [1.82, 2.24) is 15.0 Å². The first-order valence-electron chi connectivity index (χ1n) is 9.78. The van der Waals surface area contributed by atoms with Crippen LogP contribution in [0.2, 0.25) is 0 Å². The maximum absolute atomic E-state index is 11.3. The molecule has 8 nitrogen and oxygen atoms in total. The third kappa shape index (κ3) is 4.58. The number of carbonyl (C=O) groups excluding carboxylic acids is 1. The molecule has 1 unspecified atom stereocenters. The molecule has 156 valence electrons. The summed E-state index contributed by atoms with van der Waals surface area (Å²) in [4.78, 5) is 26.4. The average molecular weight is 425 g/mol. The fraction of sp³-hybridized carbons (Fsp3) is 0.333. The number of hydrogen-bond acceptors (Lipinski definition) is 8. The Morgan fingerprint density at radius 3 is 2.90 bits per heavy atom. The molecule has 3 aromatic rings. The number of ether oxygens (including phenoxy) is 1. The van der Waals surface area contributed by atoms with E-state index in [1.165, 1.54) is 6.92 Å². The highest BCUT2D eigenvalue weighted by atomic mass is 32.1. The minimum absolute atomic E-state index is 0.112. The smallest absolute Gasteiger partial charge is 0.227 e. The van der Waals surface area contributed by atoms with Crippen molar-refractivity contribution >= 4 is 39.7 Å². The Morgan fingerprint density at radius 1 is 1.27 bits per heavy atom. The number of thiazole rings is 1. The van der Waals surface area contributed by atoms with Gasteiger partial charge in [-0.3, -0.25) is 4.79 Å². The standard InChI is InChI=1S/C21H24N6O2S/c1-12(11-29-3)23-21-26-17-8-7-14-10-22-20(27-18(14)19(17)30-21)25-16-6-4-5-15(9-16)24-13(2)28/h4-6,9-10,12H,7-8,11H2,1-3H3,(H,23,26)(H,24,28)(H,22,25,27). The second kappa shape index (κ2) is 8.76. The largest absolute Gasteiger partial charge is 0.383 e. The zero-order chi connectivity index (χ0) is 21.1. The molecule has 0 bridgehead atoms. The zero-order valence-electron chi connectivity index (χ0n) is 17.2. The first kappa shape index (κ1) is 20.2. The summed E-state index contributed by atoms with van der Waals surface area (Å²) in [7, 11) is 1.69. The number of aromatic nitrogens is 3. The molecule has 1 aromatic carbocycles. The number of aryl methyl sites for hydroxylation is 2. The predicted octanol–water partition coefficient (Wildman–Crippen LogP) is 3.85. The lowest BCUT2D eigenvalue weighted by Crippen LogP contribution is -2.20. The van der Waals surface area contributed by atoms with Gasteiger partial charge in [0.15, 0.2) is 5.13 Å². The molecule has 1 atom stereocenters. The molecule has 30 heavy (non-hydrogen) atoms. The first-order valence-corrected chi connectivity index (χ1v) is 10.6. The van der Waals surface area contributed by atoms with Gasteiger partial charge in [-0.05, 0) is 43.5 Å². The first-order chi connectivity index (χ1) is 14.5. The number of nitrogens with one attached hydrogen (secondary N) is 3. The van der Waals surface area contributed by atoms with Gasteiger partial charge in [0.05, 0.1) is 22.9 Å². The molecule has 9 heteroatoms. The van der Waals surface area contributed by atoms with Crippen molar-refractivity contribution in [3.63, 3.8) is 0 Å². The normalized spacial score (nSPS) is 13.2. The molecule has 0 saturated heterocycles. The summed E-state index contributed by atoms with van der Waals surface area (Å²) in [6.45, 7) is 4.17. The second-order valence-electron chi connectivity index (χ2n) is 7.25. The summed E-state index contributed by atoms with van der Waals surface area (Å²) in [6.07, 6.45) is 3.64. The van der Waals surface area contributed by atoms with Gasteiger partial charge < -0.3 is 20.7 Å². The molecule has 1 aliphatic rings. The number of amides is 1. The van der Waals surface area contributed by atoms with Crippen LogP contribution in [0.1, 0.15) is 25.1 Å². The van der Waals surface area contributed by atoms with Crippen molar-refractivity contribution < 1.29 is 9.53 Å². The lowest BCUT2D eigenvalue weighted by molar-refractivity contribution is -0.114. The molecule has 0 spiro atoms. The minimum Gasteiger partial charge on any atom is -0.383 e. The van der Waals surface area contributed by atoms with E-state index in [0.717, 1.165) is 51.2 Å². The summed E-state index contributed by atoms with van der Waals surface area (Å²) < 4.78 is 5.20. The maximum Gasteiger partial charge on any atom is 0.227 e. The van der Waals surface area contributed by atoms with Crippen LogP contribution in [0.5, 0.6) is 0 Å². The number of anilines is 4. The van der Waals surface area contributed by atoms with Gasteiger partial charge >= 0.3 is 0 Å². The van der Waals surface area contributed by atoms with Crippen LogP contribution >= 0.6 is 11.3 Å². The molecule has 0 radical (unpaired) electrons. The van der Waals surface area contributed by atoms with Crippen LogP contribution in [0.4, 0.5) is 22.5 Å². The van der Waals surface area contributed by atoms with Crippen LogP contribution in [0.3, 0.4) is 0 Å². The van der Waals surface area contributed by atoms with Crippen molar-refractivity contribution in [3.05, 3.63) is 41.7 Å². The van der Waals surface area contributed by atoms with Crippen LogP contribution in [0, 0.1) is 0 Å². The van der Waals surface area contributed by atoms with E-state index in [2.05, 4.69) is 27.9 Å². The molecule has 2 aromatic heterocycles. The average Bonchev–Trinajstić information content (AvgIpc) is 3.11. The third-order valence-corrected chi connectivity index (χ3v) is 5.67. The van der Waals surface area contributed by atoms with E-state index in [9.17, 15) is 4.79 Å². The molecule has 1 amide bonds. The summed E-state index contributed by atoms with van der Waals surface area (Å²) >= 11 is 1.61. The van der Waals surface area contributed by atoms with Gasteiger partial charge in [0.2, 0.25) is 11.9 Å². The van der Waals surface area contributed by atoms with Gasteiger partial charge in [0.1, 0.15) is 0 Å². The maximum atomic E-state index is 11.3. The zero-order valence-corrected chi connectivity index (χ0v) is 18.0. The quantitative estimate of drug-likeness (QED) is 0.530. The number of carbonyl (C=O) groups is 1. The molecule has 0 aliphatic heterocycles. The van der Waals surface area contributed by atoms with E-state index >= 15 is 0 Å². The summed E-state index contributed by atoms with van der Waals surface area (Å²) in [5.41, 5.74) is 4.64. The van der Waals surface area contributed by atoms with Crippen LogP contribution in [0.15, 0.2) is 30.5 Å². The topological polar surface area (TPSA) is 101 Å². The number of methoxy groups -OCH3 is 1. The highest BCUT2D eigenvalue weighted by Crippen LogP contribution is 2.39. The van der Waals surface area contributed by atoms with E-state index in [0.29, 0.717) is 12.6 Å². The van der Waals surface area contributed by atoms with Crippen molar-refractivity contribution in [3.8, 4) is 10.6 Å². The van der Waals surface area contributed by atoms with Crippen molar-refractivity contribution in [1.29, 1.82) is 0 Å². The molecule has 4 rings (SSSR count). The van der Waals surface area contributed by atoms with E-state index < -0.39 is 0 Å². The SMILES string of the molecule is COCC(C)Nc1nc2c(s1)-c1nc(Nc3cccc(NC(C)=O)c3)ncc1CC2. The summed E-state index contributed by atoms with van der Waals surface area (Å²) in [5, 5.41) is 10.3. The Balaban J connectivity index is 1.57. The molecular formula is C21H24N6O2S. The lowest BCUT2D eigenvalue weighted by Gasteiger charge is -2.15. The third-order valence-electron chi connectivity index (χ3n) is 4.63. The minimum atomic E-state index is -0.112. The van der Waals surface area contributed by atoms with E-state index in [-0.39, 0.29) is 11.9 Å². The van der Waals surface area contributed by atoms with E-state index in [1.54, 1.807) is 18.4 Å². The Kier molecular flexibility index (Phi) is 5.91. The Labute approximate surface area is 179 Å². The Morgan fingerprint density at radius 2 is 2.10 bits per heavy atom. The molecular weight excluding hydrogens is 400 g/mol. The fourth-order valence-electron chi connectivity index (χ4n) is 3.38. The number of nitrogens with zero attached hydrogens (tertiary/aromatic N) is 3. The van der Waals surface area contributed by atoms with Gasteiger partial charge in [-0.25, -0.2) is 15.0 Å². The van der Waals surface area contributed by atoms with Gasteiger partial charge in [0, 0.05) is 37.6 Å². The summed E-state index contributed by atoms with van der Waals surface area (Å²) in [6, 6.07) is 7.64. The Hall–Kier alpha value is -3.04. The highest BCUT2D eigenvalue weighted by Gasteiger charge is 2.23. The monoisotopic (exact) mass is 424 g/mol. The van der Waals surface area contributed by atoms with Crippen LogP contribution in [0.25, 0.3) is 10.6 Å². The van der Waals surface area contributed by atoms with Crippen LogP contribution < -0.4 is 16.0 Å². The fourth-order valence-corrected chi connectivity index (χ4v) is 4.53. The van der Waals surface area contributed by atoms with Crippen molar-refractivity contribution in [2.45, 2.75) is 32.7 Å². The van der Waals surface area contributed by atoms with Crippen molar-refractivity contribution in [2.75, 3.05) is 29.7 Å². The predicted molar refractivity (Wildman–Crippen MR) is 120 cm³/mol. The Bertz CT molecular complexity index is 1070. The number of rotatable bonds is 7. The molecule has 2 heterocycles. The van der Waals surface area contributed by atoms with Gasteiger partial charge in [-0.1, -0.05) is 17.4 Å². The van der Waals surface area contributed by atoms with Crippen LogP contribution in [-0.2, 0) is 22.4 Å². The highest BCUT2D eigenvalue weighted by molar-refractivity contribution is 7.19. The molecule has 0 saturated carbocycles. The number of fused-ring (bicyclic) bond motifs is 3.